The summed E-state index contributed by atoms with van der Waals surface area (Å²) in [5.41, 5.74) is 1.15. The molecule has 24 heavy (non-hydrogen) atoms. The van der Waals surface area contributed by atoms with Gasteiger partial charge in [-0.1, -0.05) is 13.8 Å². The molecule has 0 fully saturated rings. The van der Waals surface area contributed by atoms with Crippen molar-refractivity contribution >= 4 is 17.6 Å². The van der Waals surface area contributed by atoms with Crippen molar-refractivity contribution in [3.63, 3.8) is 0 Å². The number of carbonyl (C=O) groups is 2. The molecular weight excluding hydrogens is 306 g/mol. The van der Waals surface area contributed by atoms with Gasteiger partial charge >= 0.3 is 5.97 Å². The van der Waals surface area contributed by atoms with Gasteiger partial charge in [-0.15, -0.1) is 0 Å². The molecule has 0 aliphatic heterocycles. The van der Waals surface area contributed by atoms with Crippen molar-refractivity contribution in [2.75, 3.05) is 25.5 Å². The van der Waals surface area contributed by atoms with Gasteiger partial charge in [0.05, 0.1) is 7.11 Å². The summed E-state index contributed by atoms with van der Waals surface area (Å²) in [6.07, 6.45) is 3.12. The summed E-state index contributed by atoms with van der Waals surface area (Å²) in [5.74, 6) is -0.695. The van der Waals surface area contributed by atoms with Gasteiger partial charge in [0, 0.05) is 30.5 Å². The molecule has 0 bridgehead atoms. The number of nitrogens with one attached hydrogen (secondary N) is 1. The van der Waals surface area contributed by atoms with Gasteiger partial charge in [0.15, 0.2) is 5.57 Å². The predicted molar refractivity (Wildman–Crippen MR) is 92.3 cm³/mol. The first-order valence-electron chi connectivity index (χ1n) is 7.91. The number of nitrogens with zero attached hydrogens (tertiary/aromatic N) is 2. The average Bonchev–Trinajstić information content (AvgIpc) is 2.61. The molecule has 0 heterocycles. The molecule has 1 aromatic rings. The smallest absolute Gasteiger partial charge is 0.350 e. The fourth-order valence-corrected chi connectivity index (χ4v) is 2.15. The Hall–Kier alpha value is -2.81. The number of nitriles is 1. The Bertz CT molecular complexity index is 624. The normalized spacial score (nSPS) is 10.7. The third-order valence-corrected chi connectivity index (χ3v) is 3.32. The van der Waals surface area contributed by atoms with E-state index in [9.17, 15) is 9.59 Å². The topological polar surface area (TPSA) is 82.4 Å². The molecule has 0 saturated heterocycles. The Kier molecular flexibility index (Phi) is 8.06. The van der Waals surface area contributed by atoms with Crippen molar-refractivity contribution in [3.05, 3.63) is 41.6 Å². The fourth-order valence-electron chi connectivity index (χ4n) is 2.15. The molecule has 0 aromatic heterocycles. The maximum atomic E-state index is 12.5. The number of anilines is 1. The van der Waals surface area contributed by atoms with Crippen LogP contribution in [0.4, 0.5) is 5.69 Å². The number of methoxy groups -OCH3 is 1. The van der Waals surface area contributed by atoms with Crippen molar-refractivity contribution in [1.82, 2.24) is 4.90 Å². The standard InChI is InChI=1S/C18H23N3O3/c1-4-10-21(11-5-2)17(22)14-6-8-16(9-7-14)20-13-15(12-19)18(23)24-3/h6-9,13,20H,4-5,10-11H2,1-3H3/b15-13-. The third kappa shape index (κ3) is 5.43. The summed E-state index contributed by atoms with van der Waals surface area (Å²) in [6, 6.07) is 8.66. The highest BCUT2D eigenvalue weighted by molar-refractivity contribution is 5.95. The van der Waals surface area contributed by atoms with Crippen LogP contribution in [0.3, 0.4) is 0 Å². The zero-order valence-electron chi connectivity index (χ0n) is 14.3. The van der Waals surface area contributed by atoms with E-state index in [1.807, 2.05) is 18.7 Å². The zero-order valence-corrected chi connectivity index (χ0v) is 14.3. The van der Waals surface area contributed by atoms with E-state index < -0.39 is 5.97 Å². The summed E-state index contributed by atoms with van der Waals surface area (Å²) < 4.78 is 4.49. The van der Waals surface area contributed by atoms with Crippen LogP contribution >= 0.6 is 0 Å². The van der Waals surface area contributed by atoms with Crippen LogP contribution < -0.4 is 5.32 Å². The molecule has 0 aliphatic carbocycles. The van der Waals surface area contributed by atoms with Crippen molar-refractivity contribution in [3.8, 4) is 6.07 Å². The Morgan fingerprint density at radius 3 is 2.25 bits per heavy atom. The zero-order chi connectivity index (χ0) is 17.9. The lowest BCUT2D eigenvalue weighted by molar-refractivity contribution is -0.135. The summed E-state index contributed by atoms with van der Waals surface area (Å²) in [7, 11) is 1.21. The molecule has 6 nitrogen and oxygen atoms in total. The fraction of sp³-hybridized carbons (Fsp3) is 0.389. The quantitative estimate of drug-likeness (QED) is 0.450. The van der Waals surface area contributed by atoms with Crippen molar-refractivity contribution < 1.29 is 14.3 Å². The molecule has 0 radical (unpaired) electrons. The summed E-state index contributed by atoms with van der Waals surface area (Å²) >= 11 is 0. The summed E-state index contributed by atoms with van der Waals surface area (Å²) in [5, 5.41) is 11.7. The number of hydrogen-bond acceptors (Lipinski definition) is 5. The number of benzene rings is 1. The van der Waals surface area contributed by atoms with Crippen molar-refractivity contribution in [1.29, 1.82) is 5.26 Å². The Morgan fingerprint density at radius 2 is 1.79 bits per heavy atom. The molecule has 128 valence electrons. The SMILES string of the molecule is CCCN(CCC)C(=O)c1ccc(N/C=C(/C#N)C(=O)OC)cc1. The molecule has 0 unspecified atom stereocenters. The minimum Gasteiger partial charge on any atom is -0.465 e. The summed E-state index contributed by atoms with van der Waals surface area (Å²) in [6.45, 7) is 5.56. The molecule has 0 saturated carbocycles. The number of rotatable bonds is 8. The molecule has 6 heteroatoms. The predicted octanol–water partition coefficient (Wildman–Crippen LogP) is 2.94. The minimum atomic E-state index is -0.702. The Morgan fingerprint density at radius 1 is 1.21 bits per heavy atom. The van der Waals surface area contributed by atoms with Crippen LogP contribution in [0.5, 0.6) is 0 Å². The number of esters is 1. The molecule has 0 spiro atoms. The molecule has 1 N–H and O–H groups in total. The Labute approximate surface area is 142 Å². The van der Waals surface area contributed by atoms with E-state index in [1.54, 1.807) is 30.3 Å². The highest BCUT2D eigenvalue weighted by atomic mass is 16.5. The summed E-state index contributed by atoms with van der Waals surface area (Å²) in [4.78, 5) is 25.6. The molecule has 1 amide bonds. The van der Waals surface area contributed by atoms with E-state index >= 15 is 0 Å². The maximum absolute atomic E-state index is 12.5. The van der Waals surface area contributed by atoms with Gasteiger partial charge in [0.2, 0.25) is 0 Å². The number of ether oxygens (including phenoxy) is 1. The number of carbonyl (C=O) groups excluding carboxylic acids is 2. The van der Waals surface area contributed by atoms with Gasteiger partial charge in [-0.2, -0.15) is 5.26 Å². The van der Waals surface area contributed by atoms with Crippen LogP contribution in [0.2, 0.25) is 0 Å². The van der Waals surface area contributed by atoms with Gasteiger partial charge in [-0.25, -0.2) is 4.79 Å². The second-order valence-corrected chi connectivity index (χ2v) is 5.18. The first-order valence-corrected chi connectivity index (χ1v) is 7.91. The first kappa shape index (κ1) is 19.2. The van der Waals surface area contributed by atoms with Gasteiger partial charge < -0.3 is 15.0 Å². The monoisotopic (exact) mass is 329 g/mol. The second kappa shape index (κ2) is 10.1. The second-order valence-electron chi connectivity index (χ2n) is 5.18. The highest BCUT2D eigenvalue weighted by Gasteiger charge is 2.14. The van der Waals surface area contributed by atoms with Crippen LogP contribution in [0.25, 0.3) is 0 Å². The molecule has 1 aromatic carbocycles. The molecule has 0 atom stereocenters. The molecule has 1 rings (SSSR count). The van der Waals surface area contributed by atoms with E-state index in [0.29, 0.717) is 11.3 Å². The lowest BCUT2D eigenvalue weighted by atomic mass is 10.1. The van der Waals surface area contributed by atoms with Crippen molar-refractivity contribution in [2.24, 2.45) is 0 Å². The maximum Gasteiger partial charge on any atom is 0.350 e. The van der Waals surface area contributed by atoms with E-state index in [-0.39, 0.29) is 11.5 Å². The van der Waals surface area contributed by atoms with Crippen LogP contribution in [0.15, 0.2) is 36.0 Å². The van der Waals surface area contributed by atoms with E-state index in [0.717, 1.165) is 25.9 Å². The minimum absolute atomic E-state index is 0.00747. The third-order valence-electron chi connectivity index (χ3n) is 3.32. The number of amides is 1. The van der Waals surface area contributed by atoms with Gasteiger partial charge in [-0.3, -0.25) is 4.79 Å². The largest absolute Gasteiger partial charge is 0.465 e. The lowest BCUT2D eigenvalue weighted by Crippen LogP contribution is -2.32. The van der Waals surface area contributed by atoms with Crippen LogP contribution in [0.1, 0.15) is 37.0 Å². The Balaban J connectivity index is 2.82. The molecular formula is C18H23N3O3. The van der Waals surface area contributed by atoms with E-state index in [2.05, 4.69) is 10.1 Å². The van der Waals surface area contributed by atoms with Crippen LogP contribution in [-0.2, 0) is 9.53 Å². The lowest BCUT2D eigenvalue weighted by Gasteiger charge is -2.21. The van der Waals surface area contributed by atoms with Gasteiger partial charge in [0.25, 0.3) is 5.91 Å². The molecule has 0 aliphatic rings. The van der Waals surface area contributed by atoms with Gasteiger partial charge in [-0.05, 0) is 37.1 Å². The van der Waals surface area contributed by atoms with Gasteiger partial charge in [0.1, 0.15) is 6.07 Å². The van der Waals surface area contributed by atoms with Crippen LogP contribution in [-0.4, -0.2) is 37.0 Å². The number of hydrogen-bond donors (Lipinski definition) is 1. The average molecular weight is 329 g/mol. The van der Waals surface area contributed by atoms with E-state index in [1.165, 1.54) is 13.3 Å². The van der Waals surface area contributed by atoms with Crippen molar-refractivity contribution in [2.45, 2.75) is 26.7 Å². The van der Waals surface area contributed by atoms with E-state index in [4.69, 9.17) is 5.26 Å². The van der Waals surface area contributed by atoms with Crippen LogP contribution in [0, 0.1) is 11.3 Å². The highest BCUT2D eigenvalue weighted by Crippen LogP contribution is 2.13. The first-order chi connectivity index (χ1) is 11.6.